The minimum Gasteiger partial charge on any atom is -0.406 e. The van der Waals surface area contributed by atoms with Gasteiger partial charge in [-0.05, 0) is 42.2 Å². The molecule has 30 heavy (non-hydrogen) atoms. The monoisotopic (exact) mass is 420 g/mol. The van der Waals surface area contributed by atoms with Crippen molar-refractivity contribution in [2.24, 2.45) is 0 Å². The molecule has 2 unspecified atom stereocenters. The van der Waals surface area contributed by atoms with Gasteiger partial charge in [-0.2, -0.15) is 0 Å². The first-order valence-electron chi connectivity index (χ1n) is 9.64. The molecular weight excluding hydrogens is 397 g/mol. The van der Waals surface area contributed by atoms with Gasteiger partial charge in [0.1, 0.15) is 5.75 Å². The number of alkyl halides is 3. The highest BCUT2D eigenvalue weighted by Crippen LogP contribution is 2.32. The molecule has 0 fully saturated rings. The highest BCUT2D eigenvalue weighted by atomic mass is 19.4. The summed E-state index contributed by atoms with van der Waals surface area (Å²) in [6.45, 7) is 3.79. The van der Waals surface area contributed by atoms with Gasteiger partial charge in [0.05, 0.1) is 18.5 Å². The van der Waals surface area contributed by atoms with Crippen LogP contribution in [0.25, 0.3) is 0 Å². The minimum absolute atomic E-state index is 0.0874. The first kappa shape index (κ1) is 21.7. The second-order valence-electron chi connectivity index (χ2n) is 7.29. The van der Waals surface area contributed by atoms with Crippen molar-refractivity contribution in [2.75, 3.05) is 6.54 Å². The van der Waals surface area contributed by atoms with Crippen molar-refractivity contribution in [1.29, 1.82) is 0 Å². The fraction of sp³-hybridized carbons (Fsp3) is 0.364. The molecule has 0 radical (unpaired) electrons. The Balaban J connectivity index is 1.67. The molecule has 0 aliphatic carbocycles. The Morgan fingerprint density at radius 3 is 2.47 bits per heavy atom. The summed E-state index contributed by atoms with van der Waals surface area (Å²) in [5.41, 5.74) is 2.74. The van der Waals surface area contributed by atoms with Gasteiger partial charge in [0.25, 0.3) is 0 Å². The van der Waals surface area contributed by atoms with E-state index in [1.54, 1.807) is 11.8 Å². The first-order valence-corrected chi connectivity index (χ1v) is 9.64. The predicted molar refractivity (Wildman–Crippen MR) is 105 cm³/mol. The lowest BCUT2D eigenvalue weighted by Gasteiger charge is -2.36. The summed E-state index contributed by atoms with van der Waals surface area (Å²) >= 11 is 0. The summed E-state index contributed by atoms with van der Waals surface area (Å²) in [6, 6.07) is 12.4. The molecule has 1 aliphatic heterocycles. The molecule has 1 heterocycles. The number of benzene rings is 2. The molecule has 2 amide bonds. The Morgan fingerprint density at radius 2 is 1.83 bits per heavy atom. The molecule has 1 N–H and O–H groups in total. The fourth-order valence-corrected chi connectivity index (χ4v) is 3.77. The number of carbonyl (C=O) groups excluding carboxylic acids is 2. The van der Waals surface area contributed by atoms with Crippen LogP contribution in [0.5, 0.6) is 5.75 Å². The summed E-state index contributed by atoms with van der Waals surface area (Å²) < 4.78 is 40.7. The average molecular weight is 420 g/mol. The number of nitrogens with one attached hydrogen (secondary N) is 1. The van der Waals surface area contributed by atoms with Crippen molar-refractivity contribution in [3.63, 3.8) is 0 Å². The maximum Gasteiger partial charge on any atom is 0.573 e. The Bertz CT molecular complexity index is 913. The smallest absolute Gasteiger partial charge is 0.406 e. The lowest BCUT2D eigenvalue weighted by atomic mass is 9.90. The van der Waals surface area contributed by atoms with E-state index in [0.29, 0.717) is 12.1 Å². The third-order valence-electron chi connectivity index (χ3n) is 5.19. The van der Waals surface area contributed by atoms with E-state index in [-0.39, 0.29) is 30.0 Å². The van der Waals surface area contributed by atoms with Gasteiger partial charge in [-0.25, -0.2) is 0 Å². The van der Waals surface area contributed by atoms with E-state index in [4.69, 9.17) is 0 Å². The molecule has 1 aliphatic rings. The summed E-state index contributed by atoms with van der Waals surface area (Å²) in [5, 5.41) is 2.86. The number of ether oxygens (including phenoxy) is 1. The lowest BCUT2D eigenvalue weighted by Crippen LogP contribution is -2.41. The maximum absolute atomic E-state index is 12.7. The summed E-state index contributed by atoms with van der Waals surface area (Å²) in [5.74, 6) is -0.651. The summed E-state index contributed by atoms with van der Waals surface area (Å²) in [4.78, 5) is 26.5. The molecule has 0 spiro atoms. The summed E-state index contributed by atoms with van der Waals surface area (Å²) in [6.07, 6.45) is -3.90. The molecular formula is C22H23F3N2O3. The SMILES string of the molecule is CC(=O)N1CCc2ccccc2C1CC(=O)NC(C)c1ccc(OC(F)(F)F)cc1. The van der Waals surface area contributed by atoms with Crippen LogP contribution in [0.15, 0.2) is 48.5 Å². The van der Waals surface area contributed by atoms with Crippen LogP contribution in [-0.2, 0) is 16.0 Å². The number of amides is 2. The maximum atomic E-state index is 12.7. The lowest BCUT2D eigenvalue weighted by molar-refractivity contribution is -0.274. The molecule has 5 nitrogen and oxygen atoms in total. The standard InChI is InChI=1S/C22H23F3N2O3/c1-14(16-7-9-18(10-8-16)30-22(23,24)25)26-21(29)13-20-19-6-4-3-5-17(19)11-12-27(20)15(2)28/h3-10,14,20H,11-13H2,1-2H3,(H,26,29). The van der Waals surface area contributed by atoms with Crippen LogP contribution < -0.4 is 10.1 Å². The normalized spacial score (nSPS) is 17.1. The Labute approximate surface area is 172 Å². The van der Waals surface area contributed by atoms with Crippen LogP contribution in [0.4, 0.5) is 13.2 Å². The van der Waals surface area contributed by atoms with Gasteiger partial charge in [-0.3, -0.25) is 9.59 Å². The van der Waals surface area contributed by atoms with E-state index >= 15 is 0 Å². The second kappa shape index (κ2) is 8.77. The second-order valence-corrected chi connectivity index (χ2v) is 7.29. The number of rotatable bonds is 5. The first-order chi connectivity index (χ1) is 14.1. The Kier molecular flexibility index (Phi) is 6.34. The Hall–Kier alpha value is -3.03. The van der Waals surface area contributed by atoms with Crippen LogP contribution >= 0.6 is 0 Å². The molecule has 2 aromatic carbocycles. The van der Waals surface area contributed by atoms with Crippen molar-refractivity contribution in [1.82, 2.24) is 10.2 Å². The highest BCUT2D eigenvalue weighted by molar-refractivity contribution is 5.80. The van der Waals surface area contributed by atoms with Crippen molar-refractivity contribution in [3.05, 3.63) is 65.2 Å². The van der Waals surface area contributed by atoms with E-state index in [1.807, 2.05) is 24.3 Å². The van der Waals surface area contributed by atoms with Crippen molar-refractivity contribution >= 4 is 11.8 Å². The van der Waals surface area contributed by atoms with Gasteiger partial charge in [0.15, 0.2) is 0 Å². The average Bonchev–Trinajstić information content (AvgIpc) is 2.67. The van der Waals surface area contributed by atoms with Gasteiger partial charge in [0.2, 0.25) is 11.8 Å². The molecule has 3 rings (SSSR count). The topological polar surface area (TPSA) is 58.6 Å². The zero-order valence-electron chi connectivity index (χ0n) is 16.7. The van der Waals surface area contributed by atoms with Gasteiger partial charge < -0.3 is 15.0 Å². The molecule has 0 bridgehead atoms. The third-order valence-corrected chi connectivity index (χ3v) is 5.19. The van der Waals surface area contributed by atoms with E-state index in [1.165, 1.54) is 31.2 Å². The molecule has 0 saturated heterocycles. The van der Waals surface area contributed by atoms with Crippen molar-refractivity contribution in [2.45, 2.75) is 45.1 Å². The van der Waals surface area contributed by atoms with Crippen molar-refractivity contribution in [3.8, 4) is 5.75 Å². The quantitative estimate of drug-likeness (QED) is 0.785. The van der Waals surface area contributed by atoms with Gasteiger partial charge in [0, 0.05) is 13.5 Å². The molecule has 2 aromatic rings. The largest absolute Gasteiger partial charge is 0.573 e. The number of halogens is 3. The van der Waals surface area contributed by atoms with Gasteiger partial charge in [-0.1, -0.05) is 36.4 Å². The number of hydrogen-bond donors (Lipinski definition) is 1. The highest BCUT2D eigenvalue weighted by Gasteiger charge is 2.32. The Morgan fingerprint density at radius 1 is 1.17 bits per heavy atom. The zero-order valence-corrected chi connectivity index (χ0v) is 16.7. The van der Waals surface area contributed by atoms with Crippen molar-refractivity contribution < 1.29 is 27.5 Å². The summed E-state index contributed by atoms with van der Waals surface area (Å²) in [7, 11) is 0. The van der Waals surface area contributed by atoms with E-state index < -0.39 is 12.4 Å². The fourth-order valence-electron chi connectivity index (χ4n) is 3.77. The molecule has 8 heteroatoms. The minimum atomic E-state index is -4.75. The molecule has 0 aromatic heterocycles. The van der Waals surface area contributed by atoms with E-state index in [9.17, 15) is 22.8 Å². The molecule has 2 atom stereocenters. The zero-order chi connectivity index (χ0) is 21.9. The van der Waals surface area contributed by atoms with Gasteiger partial charge >= 0.3 is 6.36 Å². The van der Waals surface area contributed by atoms with Gasteiger partial charge in [-0.15, -0.1) is 13.2 Å². The van der Waals surface area contributed by atoms with E-state index in [2.05, 4.69) is 10.1 Å². The van der Waals surface area contributed by atoms with Crippen LogP contribution in [0, 0.1) is 0 Å². The molecule has 0 saturated carbocycles. The van der Waals surface area contributed by atoms with Crippen LogP contribution in [0.3, 0.4) is 0 Å². The van der Waals surface area contributed by atoms with Crippen LogP contribution in [0.1, 0.15) is 49.0 Å². The van der Waals surface area contributed by atoms with Crippen LogP contribution in [0.2, 0.25) is 0 Å². The third kappa shape index (κ3) is 5.31. The number of carbonyl (C=O) groups is 2. The molecule has 160 valence electrons. The van der Waals surface area contributed by atoms with E-state index in [0.717, 1.165) is 17.5 Å². The number of fused-ring (bicyclic) bond motifs is 1. The van der Waals surface area contributed by atoms with Crippen LogP contribution in [-0.4, -0.2) is 29.6 Å². The predicted octanol–water partition coefficient (Wildman–Crippen LogP) is 4.30. The number of hydrogen-bond acceptors (Lipinski definition) is 3. The number of nitrogens with zero attached hydrogens (tertiary/aromatic N) is 1.